The van der Waals surface area contributed by atoms with Gasteiger partial charge in [0.25, 0.3) is 0 Å². The van der Waals surface area contributed by atoms with Gasteiger partial charge in [0.2, 0.25) is 5.91 Å². The Balaban J connectivity index is 2.16. The van der Waals surface area contributed by atoms with Gasteiger partial charge >= 0.3 is 0 Å². The minimum atomic E-state index is -0.131. The Morgan fingerprint density at radius 1 is 1.59 bits per heavy atom. The topological polar surface area (TPSA) is 83.8 Å². The van der Waals surface area contributed by atoms with E-state index in [2.05, 4.69) is 15.3 Å². The average molecular weight is 232 g/mol. The number of nitrogens with one attached hydrogen (secondary N) is 2. The molecule has 1 heterocycles. The van der Waals surface area contributed by atoms with E-state index in [1.165, 1.54) is 0 Å². The lowest BCUT2D eigenvalue weighted by Gasteiger charge is -2.06. The van der Waals surface area contributed by atoms with Gasteiger partial charge in [0, 0.05) is 18.2 Å². The zero-order valence-electron chi connectivity index (χ0n) is 9.95. The number of hydrogen-bond acceptors (Lipinski definition) is 3. The van der Waals surface area contributed by atoms with Gasteiger partial charge in [-0.3, -0.25) is 4.79 Å². The molecule has 1 amide bonds. The molecule has 1 aromatic heterocycles. The van der Waals surface area contributed by atoms with Crippen LogP contribution in [0.2, 0.25) is 0 Å². The molecule has 0 aliphatic carbocycles. The number of carbonyl (C=O) groups is 1. The van der Waals surface area contributed by atoms with E-state index in [1.807, 2.05) is 25.1 Å². The molecule has 5 nitrogen and oxygen atoms in total. The largest absolute Gasteiger partial charge is 0.342 e. The smallest absolute Gasteiger partial charge is 0.225 e. The molecule has 1 unspecified atom stereocenters. The Morgan fingerprint density at radius 3 is 3.06 bits per heavy atom. The molecule has 0 radical (unpaired) electrons. The van der Waals surface area contributed by atoms with E-state index in [1.54, 1.807) is 6.92 Å². The maximum absolute atomic E-state index is 11.5. The Hall–Kier alpha value is -1.88. The number of hydrogen-bond donors (Lipinski definition) is 3. The predicted octanol–water partition coefficient (Wildman–Crippen LogP) is 1.55. The normalized spacial score (nSPS) is 12.6. The van der Waals surface area contributed by atoms with Crippen molar-refractivity contribution in [1.82, 2.24) is 9.97 Å². The van der Waals surface area contributed by atoms with Crippen LogP contribution in [0.5, 0.6) is 0 Å². The molecule has 5 heteroatoms. The molecule has 0 aliphatic heterocycles. The average Bonchev–Trinajstić information content (AvgIpc) is 2.55. The van der Waals surface area contributed by atoms with Crippen LogP contribution in [-0.4, -0.2) is 21.9 Å². The number of imidazole rings is 1. The summed E-state index contributed by atoms with van der Waals surface area (Å²) in [4.78, 5) is 19.0. The number of anilines is 1. The number of rotatable bonds is 3. The molecule has 0 fully saturated rings. The molecule has 0 saturated carbocycles. The number of H-pyrrole nitrogens is 1. The highest BCUT2D eigenvalue weighted by atomic mass is 16.1. The van der Waals surface area contributed by atoms with Gasteiger partial charge in [-0.05, 0) is 32.0 Å². The number of aryl methyl sites for hydroxylation is 1. The minimum Gasteiger partial charge on any atom is -0.342 e. The molecule has 90 valence electrons. The van der Waals surface area contributed by atoms with Crippen molar-refractivity contribution < 1.29 is 4.79 Å². The number of carbonyl (C=O) groups excluding carboxylic acids is 1. The van der Waals surface area contributed by atoms with Crippen molar-refractivity contribution in [3.8, 4) is 0 Å². The van der Waals surface area contributed by atoms with Gasteiger partial charge in [0.05, 0.1) is 11.0 Å². The third kappa shape index (κ3) is 2.82. The van der Waals surface area contributed by atoms with E-state index in [0.717, 1.165) is 22.5 Å². The third-order valence-corrected chi connectivity index (χ3v) is 2.39. The summed E-state index contributed by atoms with van der Waals surface area (Å²) in [5.74, 6) is 0.787. The summed E-state index contributed by atoms with van der Waals surface area (Å²) in [6.45, 7) is 3.70. The fourth-order valence-corrected chi connectivity index (χ4v) is 1.72. The second kappa shape index (κ2) is 4.55. The Morgan fingerprint density at radius 2 is 2.35 bits per heavy atom. The summed E-state index contributed by atoms with van der Waals surface area (Å²) < 4.78 is 0. The molecule has 0 bridgehead atoms. The van der Waals surface area contributed by atoms with Crippen LogP contribution in [0.15, 0.2) is 18.2 Å². The van der Waals surface area contributed by atoms with Gasteiger partial charge in [-0.25, -0.2) is 4.98 Å². The molecule has 1 atom stereocenters. The van der Waals surface area contributed by atoms with Crippen molar-refractivity contribution >= 4 is 22.6 Å². The monoisotopic (exact) mass is 232 g/mol. The van der Waals surface area contributed by atoms with Gasteiger partial charge < -0.3 is 16.0 Å². The summed E-state index contributed by atoms with van der Waals surface area (Å²) >= 11 is 0. The van der Waals surface area contributed by atoms with Crippen molar-refractivity contribution in [3.05, 3.63) is 24.0 Å². The van der Waals surface area contributed by atoms with Gasteiger partial charge in [-0.2, -0.15) is 0 Å². The first-order valence-electron chi connectivity index (χ1n) is 5.56. The molecular weight excluding hydrogens is 216 g/mol. The SMILES string of the molecule is Cc1nc2ccc(NC(=O)CC(C)N)cc2[nH]1. The fourth-order valence-electron chi connectivity index (χ4n) is 1.72. The first kappa shape index (κ1) is 11.6. The quantitative estimate of drug-likeness (QED) is 0.750. The van der Waals surface area contributed by atoms with E-state index in [-0.39, 0.29) is 11.9 Å². The highest BCUT2D eigenvalue weighted by molar-refractivity contribution is 5.93. The second-order valence-electron chi connectivity index (χ2n) is 4.28. The number of aromatic nitrogens is 2. The lowest BCUT2D eigenvalue weighted by molar-refractivity contribution is -0.116. The van der Waals surface area contributed by atoms with Crippen LogP contribution in [-0.2, 0) is 4.79 Å². The van der Waals surface area contributed by atoms with E-state index in [4.69, 9.17) is 5.73 Å². The van der Waals surface area contributed by atoms with E-state index < -0.39 is 0 Å². The summed E-state index contributed by atoms with van der Waals surface area (Å²) in [5, 5.41) is 2.81. The van der Waals surface area contributed by atoms with Crippen molar-refractivity contribution in [2.24, 2.45) is 5.73 Å². The molecule has 2 aromatic rings. The van der Waals surface area contributed by atoms with Crippen LogP contribution in [0.3, 0.4) is 0 Å². The molecule has 4 N–H and O–H groups in total. The summed E-state index contributed by atoms with van der Waals surface area (Å²) in [6, 6.07) is 5.45. The maximum atomic E-state index is 11.5. The molecule has 0 aliphatic rings. The summed E-state index contributed by atoms with van der Waals surface area (Å²) in [5.41, 5.74) is 8.13. The molecular formula is C12H16N4O. The minimum absolute atomic E-state index is 0.0735. The number of benzene rings is 1. The summed E-state index contributed by atoms with van der Waals surface area (Å²) in [7, 11) is 0. The first-order valence-corrected chi connectivity index (χ1v) is 5.56. The molecule has 2 rings (SSSR count). The second-order valence-corrected chi connectivity index (χ2v) is 4.28. The predicted molar refractivity (Wildman–Crippen MR) is 67.7 cm³/mol. The molecule has 1 aromatic carbocycles. The number of nitrogens with zero attached hydrogens (tertiary/aromatic N) is 1. The first-order chi connectivity index (χ1) is 8.04. The van der Waals surface area contributed by atoms with Crippen LogP contribution in [0, 0.1) is 6.92 Å². The van der Waals surface area contributed by atoms with Crippen molar-refractivity contribution in [3.63, 3.8) is 0 Å². The molecule has 0 saturated heterocycles. The van der Waals surface area contributed by atoms with Gasteiger partial charge in [0.15, 0.2) is 0 Å². The van der Waals surface area contributed by atoms with Crippen LogP contribution in [0.4, 0.5) is 5.69 Å². The highest BCUT2D eigenvalue weighted by Gasteiger charge is 2.06. The lowest BCUT2D eigenvalue weighted by atomic mass is 10.2. The number of fused-ring (bicyclic) bond motifs is 1. The van der Waals surface area contributed by atoms with Crippen LogP contribution in [0.1, 0.15) is 19.2 Å². The highest BCUT2D eigenvalue weighted by Crippen LogP contribution is 2.17. The number of amides is 1. The lowest BCUT2D eigenvalue weighted by Crippen LogP contribution is -2.23. The van der Waals surface area contributed by atoms with Gasteiger partial charge in [0.1, 0.15) is 5.82 Å². The van der Waals surface area contributed by atoms with Crippen molar-refractivity contribution in [2.75, 3.05) is 5.32 Å². The molecule has 17 heavy (non-hydrogen) atoms. The van der Waals surface area contributed by atoms with E-state index in [9.17, 15) is 4.79 Å². The Bertz CT molecular complexity index is 544. The van der Waals surface area contributed by atoms with Gasteiger partial charge in [-0.15, -0.1) is 0 Å². The third-order valence-electron chi connectivity index (χ3n) is 2.39. The zero-order chi connectivity index (χ0) is 12.4. The van der Waals surface area contributed by atoms with Crippen molar-refractivity contribution in [2.45, 2.75) is 26.3 Å². The van der Waals surface area contributed by atoms with E-state index in [0.29, 0.717) is 6.42 Å². The fraction of sp³-hybridized carbons (Fsp3) is 0.333. The van der Waals surface area contributed by atoms with Crippen LogP contribution >= 0.6 is 0 Å². The van der Waals surface area contributed by atoms with Crippen LogP contribution in [0.25, 0.3) is 11.0 Å². The standard InChI is InChI=1S/C12H16N4O/c1-7(13)5-12(17)16-9-3-4-10-11(6-9)15-8(2)14-10/h3-4,6-7H,5,13H2,1-2H3,(H,14,15)(H,16,17). The van der Waals surface area contributed by atoms with Crippen LogP contribution < -0.4 is 11.1 Å². The van der Waals surface area contributed by atoms with Crippen molar-refractivity contribution in [1.29, 1.82) is 0 Å². The molecule has 0 spiro atoms. The zero-order valence-corrected chi connectivity index (χ0v) is 9.95. The maximum Gasteiger partial charge on any atom is 0.225 e. The number of nitrogens with two attached hydrogens (primary N) is 1. The van der Waals surface area contributed by atoms with E-state index >= 15 is 0 Å². The summed E-state index contributed by atoms with van der Waals surface area (Å²) in [6.07, 6.45) is 0.319. The Labute approximate surface area is 99.4 Å². The number of aromatic amines is 1. The Kier molecular flexibility index (Phi) is 3.10. The van der Waals surface area contributed by atoms with Gasteiger partial charge in [-0.1, -0.05) is 0 Å².